The Hall–Kier alpha value is -1.98. The van der Waals surface area contributed by atoms with Crippen molar-refractivity contribution in [2.45, 2.75) is 6.67 Å². The van der Waals surface area contributed by atoms with Crippen molar-refractivity contribution in [3.8, 4) is 11.1 Å². The number of benzene rings is 1. The Morgan fingerprint density at radius 2 is 2.00 bits per heavy atom. The summed E-state index contributed by atoms with van der Waals surface area (Å²) < 4.78 is 15.0. The van der Waals surface area contributed by atoms with Crippen LogP contribution in [0.2, 0.25) is 0 Å². The summed E-state index contributed by atoms with van der Waals surface area (Å²) in [4.78, 5) is 0. The third-order valence-corrected chi connectivity index (χ3v) is 2.45. The molecule has 0 aliphatic heterocycles. The van der Waals surface area contributed by atoms with Gasteiger partial charge in [0.05, 0.1) is 6.67 Å². The molecule has 0 aliphatic rings. The molecule has 0 bridgehead atoms. The van der Waals surface area contributed by atoms with Gasteiger partial charge in [-0.25, -0.2) is 4.39 Å². The molecule has 0 amide bonds. The Balaban J connectivity index is 2.50. The van der Waals surface area contributed by atoms with Gasteiger partial charge in [-0.1, -0.05) is 18.2 Å². The van der Waals surface area contributed by atoms with Crippen LogP contribution in [0.3, 0.4) is 0 Å². The Bertz CT molecular complexity index is 580. The summed E-state index contributed by atoms with van der Waals surface area (Å²) in [6.45, 7) is 0.0845. The second-order valence-corrected chi connectivity index (χ2v) is 3.57. The maximum Gasteiger partial charge on any atom is 0.131 e. The van der Waals surface area contributed by atoms with Gasteiger partial charge < -0.3 is 9.77 Å². The lowest BCUT2D eigenvalue weighted by molar-refractivity contribution is 0.137. The van der Waals surface area contributed by atoms with Crippen LogP contribution >= 0.6 is 0 Å². The van der Waals surface area contributed by atoms with E-state index in [-0.39, 0.29) is 18.0 Å². The van der Waals surface area contributed by atoms with Gasteiger partial charge in [-0.15, -0.1) is 0 Å². The van der Waals surface area contributed by atoms with Crippen LogP contribution in [0.25, 0.3) is 11.1 Å². The minimum absolute atomic E-state index is 0.0845. The zero-order valence-electron chi connectivity index (χ0n) is 9.02. The van der Waals surface area contributed by atoms with E-state index < -0.39 is 0 Å². The first-order chi connectivity index (χ1) is 8.22. The van der Waals surface area contributed by atoms with Crippen molar-refractivity contribution in [1.82, 2.24) is 10.0 Å². The number of hydroxylamine groups is 1. The summed E-state index contributed by atoms with van der Waals surface area (Å²) >= 11 is 0. The highest BCUT2D eigenvalue weighted by molar-refractivity contribution is 5.62. The largest absolute Gasteiger partial charge is 0.317 e. The lowest BCUT2D eigenvalue weighted by Crippen LogP contribution is -2.25. The van der Waals surface area contributed by atoms with E-state index in [2.05, 4.69) is 0 Å². The molecule has 0 spiro atoms. The molecular formula is C12H12FN3O. The monoisotopic (exact) mass is 233 g/mol. The quantitative estimate of drug-likeness (QED) is 0.707. The molecule has 0 aliphatic carbocycles. The molecule has 0 saturated heterocycles. The van der Waals surface area contributed by atoms with Gasteiger partial charge in [0.1, 0.15) is 11.3 Å². The first-order valence-corrected chi connectivity index (χ1v) is 5.09. The first kappa shape index (κ1) is 11.5. The SMILES string of the molecule is N=c1ccc(-c2ccccc2F)cn1CNO. The molecule has 5 heteroatoms. The van der Waals surface area contributed by atoms with E-state index in [1.807, 2.05) is 5.48 Å². The van der Waals surface area contributed by atoms with Gasteiger partial charge in [0.25, 0.3) is 0 Å². The van der Waals surface area contributed by atoms with Crippen LogP contribution in [0.15, 0.2) is 42.6 Å². The number of nitrogens with one attached hydrogen (secondary N) is 2. The molecule has 0 atom stereocenters. The van der Waals surface area contributed by atoms with Crippen molar-refractivity contribution < 1.29 is 9.60 Å². The maximum absolute atomic E-state index is 13.6. The van der Waals surface area contributed by atoms with E-state index in [4.69, 9.17) is 10.6 Å². The summed E-state index contributed by atoms with van der Waals surface area (Å²) in [5.41, 5.74) is 3.33. The normalized spacial score (nSPS) is 10.5. The molecule has 1 heterocycles. The van der Waals surface area contributed by atoms with Crippen LogP contribution < -0.4 is 11.0 Å². The minimum Gasteiger partial charge on any atom is -0.317 e. The predicted molar refractivity (Wildman–Crippen MR) is 60.6 cm³/mol. The number of rotatable bonds is 3. The molecule has 0 fully saturated rings. The fourth-order valence-corrected chi connectivity index (χ4v) is 1.61. The molecule has 4 nitrogen and oxygen atoms in total. The molecule has 1 aromatic carbocycles. The zero-order valence-corrected chi connectivity index (χ0v) is 9.02. The standard InChI is InChI=1S/C12H12FN3O/c13-11-4-2-1-3-10(11)9-5-6-12(14)16(7-9)8-15-17/h1-7,14-15,17H,8H2. The van der Waals surface area contributed by atoms with Crippen LogP contribution in [-0.4, -0.2) is 9.77 Å². The first-order valence-electron chi connectivity index (χ1n) is 5.09. The zero-order chi connectivity index (χ0) is 12.3. The lowest BCUT2D eigenvalue weighted by Gasteiger charge is -2.09. The fraction of sp³-hybridized carbons (Fsp3) is 0.0833. The van der Waals surface area contributed by atoms with Crippen molar-refractivity contribution in [1.29, 1.82) is 5.41 Å². The van der Waals surface area contributed by atoms with E-state index in [1.165, 1.54) is 10.6 Å². The van der Waals surface area contributed by atoms with Crippen LogP contribution in [0, 0.1) is 11.2 Å². The van der Waals surface area contributed by atoms with E-state index in [1.54, 1.807) is 36.5 Å². The predicted octanol–water partition coefficient (Wildman–Crippen LogP) is 1.71. The Morgan fingerprint density at radius 1 is 1.24 bits per heavy atom. The third-order valence-electron chi connectivity index (χ3n) is 2.45. The highest BCUT2D eigenvalue weighted by atomic mass is 19.1. The van der Waals surface area contributed by atoms with Crippen molar-refractivity contribution >= 4 is 0 Å². The molecule has 0 radical (unpaired) electrons. The van der Waals surface area contributed by atoms with Crippen molar-refractivity contribution in [2.75, 3.05) is 0 Å². The molecule has 2 rings (SSSR count). The van der Waals surface area contributed by atoms with E-state index in [0.29, 0.717) is 11.1 Å². The smallest absolute Gasteiger partial charge is 0.131 e. The van der Waals surface area contributed by atoms with E-state index >= 15 is 0 Å². The van der Waals surface area contributed by atoms with Gasteiger partial charge in [-0.2, -0.15) is 5.48 Å². The van der Waals surface area contributed by atoms with Crippen molar-refractivity contribution in [3.05, 3.63) is 53.9 Å². The number of hydrogen-bond donors (Lipinski definition) is 3. The molecule has 2 aromatic rings. The van der Waals surface area contributed by atoms with Gasteiger partial charge in [-0.05, 0) is 18.2 Å². The second-order valence-electron chi connectivity index (χ2n) is 3.57. The van der Waals surface area contributed by atoms with Gasteiger partial charge in [0.15, 0.2) is 0 Å². The topological polar surface area (TPSA) is 61.0 Å². The average Bonchev–Trinajstić information content (AvgIpc) is 2.33. The summed E-state index contributed by atoms with van der Waals surface area (Å²) in [7, 11) is 0. The number of aromatic nitrogens is 1. The Morgan fingerprint density at radius 3 is 2.71 bits per heavy atom. The van der Waals surface area contributed by atoms with Crippen molar-refractivity contribution in [2.24, 2.45) is 0 Å². The summed E-state index contributed by atoms with van der Waals surface area (Å²) in [5.74, 6) is -0.311. The van der Waals surface area contributed by atoms with Crippen LogP contribution in [-0.2, 0) is 6.67 Å². The average molecular weight is 233 g/mol. The van der Waals surface area contributed by atoms with Gasteiger partial charge >= 0.3 is 0 Å². The summed E-state index contributed by atoms with van der Waals surface area (Å²) in [6, 6.07) is 9.67. The molecule has 0 unspecified atom stereocenters. The van der Waals surface area contributed by atoms with Crippen molar-refractivity contribution in [3.63, 3.8) is 0 Å². The number of hydrogen-bond acceptors (Lipinski definition) is 3. The molecule has 88 valence electrons. The Kier molecular flexibility index (Phi) is 3.32. The third kappa shape index (κ3) is 2.41. The molecule has 3 N–H and O–H groups in total. The lowest BCUT2D eigenvalue weighted by atomic mass is 10.1. The molecule has 17 heavy (non-hydrogen) atoms. The van der Waals surface area contributed by atoms with Crippen LogP contribution in [0.5, 0.6) is 0 Å². The molecular weight excluding hydrogens is 221 g/mol. The highest BCUT2D eigenvalue weighted by Gasteiger charge is 2.04. The number of nitrogens with zero attached hydrogens (tertiary/aromatic N) is 1. The Labute approximate surface area is 97.4 Å². The van der Waals surface area contributed by atoms with Crippen LogP contribution in [0.1, 0.15) is 0 Å². The summed E-state index contributed by atoms with van der Waals surface area (Å²) in [5, 5.41) is 16.2. The van der Waals surface area contributed by atoms with E-state index in [0.717, 1.165) is 0 Å². The number of halogens is 1. The highest BCUT2D eigenvalue weighted by Crippen LogP contribution is 2.20. The number of pyridine rings is 1. The molecule has 1 aromatic heterocycles. The second kappa shape index (κ2) is 4.90. The van der Waals surface area contributed by atoms with Crippen LogP contribution in [0.4, 0.5) is 4.39 Å². The maximum atomic E-state index is 13.6. The van der Waals surface area contributed by atoms with Gasteiger partial charge in [-0.3, -0.25) is 5.41 Å². The van der Waals surface area contributed by atoms with Gasteiger partial charge in [0.2, 0.25) is 0 Å². The molecule has 0 saturated carbocycles. The minimum atomic E-state index is -0.311. The van der Waals surface area contributed by atoms with E-state index in [9.17, 15) is 4.39 Å². The van der Waals surface area contributed by atoms with Gasteiger partial charge in [0, 0.05) is 17.3 Å². The summed E-state index contributed by atoms with van der Waals surface area (Å²) in [6.07, 6.45) is 1.62. The fourth-order valence-electron chi connectivity index (χ4n) is 1.61.